The Hall–Kier alpha value is -0.610. The van der Waals surface area contributed by atoms with Crippen LogP contribution in [0.15, 0.2) is 0 Å². The van der Waals surface area contributed by atoms with E-state index >= 15 is 0 Å². The van der Waals surface area contributed by atoms with Crippen LogP contribution in [0.2, 0.25) is 0 Å². The van der Waals surface area contributed by atoms with Crippen LogP contribution >= 0.6 is 0 Å². The van der Waals surface area contributed by atoms with Gasteiger partial charge < -0.3 is 15.3 Å². The number of aliphatic hydroxyl groups is 2. The van der Waals surface area contributed by atoms with Crippen LogP contribution < -0.4 is 0 Å². The van der Waals surface area contributed by atoms with E-state index in [-0.39, 0.29) is 34.4 Å². The lowest BCUT2D eigenvalue weighted by Gasteiger charge is -2.62. The Morgan fingerprint density at radius 2 is 1.54 bits per heavy atom. The summed E-state index contributed by atoms with van der Waals surface area (Å²) in [5, 5.41) is 31.1. The second kappa shape index (κ2) is 5.97. The van der Waals surface area contributed by atoms with Gasteiger partial charge in [0, 0.05) is 0 Å². The van der Waals surface area contributed by atoms with Gasteiger partial charge in [0.15, 0.2) is 0 Å². The summed E-state index contributed by atoms with van der Waals surface area (Å²) in [6.07, 6.45) is 8.76. The highest BCUT2D eigenvalue weighted by Crippen LogP contribution is 2.73. The first-order valence-corrected chi connectivity index (χ1v) is 11.7. The lowest BCUT2D eigenvalue weighted by atomic mass is 9.43. The van der Waals surface area contributed by atoms with Crippen molar-refractivity contribution in [1.29, 1.82) is 0 Å². The van der Waals surface area contributed by atoms with E-state index in [4.69, 9.17) is 0 Å². The first-order valence-electron chi connectivity index (χ1n) is 11.7. The molecule has 0 aliphatic heterocycles. The van der Waals surface area contributed by atoms with E-state index in [1.807, 2.05) is 0 Å². The van der Waals surface area contributed by atoms with Crippen molar-refractivity contribution in [3.63, 3.8) is 0 Å². The van der Waals surface area contributed by atoms with Crippen molar-refractivity contribution in [3.05, 3.63) is 0 Å². The molecule has 4 nitrogen and oxygen atoms in total. The molecule has 5 fully saturated rings. The minimum Gasteiger partial charge on any atom is -0.481 e. The van der Waals surface area contributed by atoms with Crippen LogP contribution in [0.1, 0.15) is 78.6 Å². The summed E-state index contributed by atoms with van der Waals surface area (Å²) >= 11 is 0. The van der Waals surface area contributed by atoms with Crippen molar-refractivity contribution in [2.24, 2.45) is 51.8 Å². The molecule has 0 bridgehead atoms. The number of carbonyl (C=O) groups is 1. The van der Waals surface area contributed by atoms with E-state index in [0.717, 1.165) is 44.9 Å². The molecule has 28 heavy (non-hydrogen) atoms. The lowest BCUT2D eigenvalue weighted by Crippen LogP contribution is -2.58. The molecule has 0 aromatic heterocycles. The second-order valence-electron chi connectivity index (χ2n) is 12.0. The standard InChI is InChI=1S/C24H38O4/c1-22-8-6-14(25)10-13(22)11-18(26)20-15-4-5-19(23(15,2)9-7-16(20)22)24(3)12-17(24)21(27)28/h13-20,25-26H,4-12H2,1-3H3,(H,27,28)/t13-,14+,15?,16?,17?,18?,19-,20?,22-,23-,24?/m0/s1. The van der Waals surface area contributed by atoms with E-state index in [1.54, 1.807) is 0 Å². The first kappa shape index (κ1) is 19.4. The average Bonchev–Trinajstić information content (AvgIpc) is 3.18. The molecule has 0 aromatic rings. The summed E-state index contributed by atoms with van der Waals surface area (Å²) in [6, 6.07) is 0. The average molecular weight is 391 g/mol. The van der Waals surface area contributed by atoms with Crippen LogP contribution in [-0.2, 0) is 4.79 Å². The number of carboxylic acids is 1. The molecule has 5 aliphatic rings. The Balaban J connectivity index is 1.44. The van der Waals surface area contributed by atoms with Gasteiger partial charge in [-0.1, -0.05) is 20.8 Å². The van der Waals surface area contributed by atoms with Crippen molar-refractivity contribution in [1.82, 2.24) is 0 Å². The van der Waals surface area contributed by atoms with Gasteiger partial charge in [-0.2, -0.15) is 0 Å². The van der Waals surface area contributed by atoms with Crippen molar-refractivity contribution in [2.45, 2.75) is 90.8 Å². The van der Waals surface area contributed by atoms with Crippen molar-refractivity contribution in [3.8, 4) is 0 Å². The van der Waals surface area contributed by atoms with Gasteiger partial charge in [0.25, 0.3) is 0 Å². The van der Waals surface area contributed by atoms with Crippen LogP contribution in [0.25, 0.3) is 0 Å². The van der Waals surface area contributed by atoms with Gasteiger partial charge in [0.2, 0.25) is 0 Å². The first-order chi connectivity index (χ1) is 13.1. The highest BCUT2D eigenvalue weighted by Gasteiger charge is 2.69. The Morgan fingerprint density at radius 3 is 2.21 bits per heavy atom. The molecule has 11 atom stereocenters. The molecule has 6 unspecified atom stereocenters. The van der Waals surface area contributed by atoms with Gasteiger partial charge in [-0.15, -0.1) is 0 Å². The van der Waals surface area contributed by atoms with Gasteiger partial charge in [0.1, 0.15) is 0 Å². The monoisotopic (exact) mass is 390 g/mol. The van der Waals surface area contributed by atoms with E-state index in [0.29, 0.717) is 29.6 Å². The maximum Gasteiger partial charge on any atom is 0.307 e. The van der Waals surface area contributed by atoms with E-state index < -0.39 is 5.97 Å². The normalized spacial score (nSPS) is 60.5. The maximum absolute atomic E-state index is 11.6. The van der Waals surface area contributed by atoms with Crippen LogP contribution in [-0.4, -0.2) is 33.5 Å². The number of aliphatic carboxylic acids is 1. The summed E-state index contributed by atoms with van der Waals surface area (Å²) in [5.74, 6) is 1.62. The number of fused-ring (bicyclic) bond motifs is 5. The Kier molecular flexibility index (Phi) is 4.13. The number of hydrogen-bond donors (Lipinski definition) is 3. The summed E-state index contributed by atoms with van der Waals surface area (Å²) in [5.41, 5.74) is 0.400. The fourth-order valence-corrected chi connectivity index (χ4v) is 9.42. The smallest absolute Gasteiger partial charge is 0.307 e. The number of rotatable bonds is 2. The molecule has 5 aliphatic carbocycles. The van der Waals surface area contributed by atoms with Gasteiger partial charge in [0.05, 0.1) is 18.1 Å². The molecule has 0 spiro atoms. The third kappa shape index (κ3) is 2.40. The number of hydrogen-bond acceptors (Lipinski definition) is 3. The van der Waals surface area contributed by atoms with Crippen molar-refractivity contribution < 1.29 is 20.1 Å². The second-order valence-corrected chi connectivity index (χ2v) is 12.0. The topological polar surface area (TPSA) is 77.8 Å². The summed E-state index contributed by atoms with van der Waals surface area (Å²) in [6.45, 7) is 7.10. The van der Waals surface area contributed by atoms with Crippen LogP contribution in [0.5, 0.6) is 0 Å². The molecule has 0 aromatic carbocycles. The zero-order valence-electron chi connectivity index (χ0n) is 17.7. The minimum atomic E-state index is -0.614. The van der Waals surface area contributed by atoms with Crippen LogP contribution in [0.3, 0.4) is 0 Å². The fraction of sp³-hybridized carbons (Fsp3) is 0.958. The maximum atomic E-state index is 11.6. The quantitative estimate of drug-likeness (QED) is 0.664. The molecular formula is C24H38O4. The van der Waals surface area contributed by atoms with Crippen LogP contribution in [0.4, 0.5) is 0 Å². The lowest BCUT2D eigenvalue weighted by molar-refractivity contribution is -0.175. The van der Waals surface area contributed by atoms with E-state index in [2.05, 4.69) is 20.8 Å². The van der Waals surface area contributed by atoms with Crippen molar-refractivity contribution in [2.75, 3.05) is 0 Å². The Labute approximate surface area is 169 Å². The Morgan fingerprint density at radius 1 is 0.857 bits per heavy atom. The van der Waals surface area contributed by atoms with Crippen LogP contribution in [0, 0.1) is 51.8 Å². The van der Waals surface area contributed by atoms with Crippen molar-refractivity contribution >= 4 is 5.97 Å². The zero-order valence-corrected chi connectivity index (χ0v) is 17.7. The Bertz CT molecular complexity index is 678. The van der Waals surface area contributed by atoms with Gasteiger partial charge >= 0.3 is 5.97 Å². The highest BCUT2D eigenvalue weighted by molar-refractivity contribution is 5.74. The fourth-order valence-electron chi connectivity index (χ4n) is 9.42. The highest BCUT2D eigenvalue weighted by atomic mass is 16.4. The molecule has 158 valence electrons. The molecule has 3 N–H and O–H groups in total. The largest absolute Gasteiger partial charge is 0.481 e. The molecule has 5 rings (SSSR count). The van der Waals surface area contributed by atoms with E-state index in [1.165, 1.54) is 12.8 Å². The molecule has 0 radical (unpaired) electrons. The summed E-state index contributed by atoms with van der Waals surface area (Å²) < 4.78 is 0. The SMILES string of the molecule is CC1([C@H]2CCC3C4C(O)C[C@@H]5C[C@H](O)CC[C@]5(C)C4CC[C@@]32C)CC1C(=O)O. The third-order valence-electron chi connectivity index (χ3n) is 11.0. The minimum absolute atomic E-state index is 0.0385. The molecule has 4 heteroatoms. The molecule has 0 amide bonds. The third-order valence-corrected chi connectivity index (χ3v) is 11.0. The summed E-state index contributed by atoms with van der Waals surface area (Å²) in [4.78, 5) is 11.6. The van der Waals surface area contributed by atoms with Gasteiger partial charge in [-0.05, 0) is 104 Å². The molecule has 0 heterocycles. The predicted octanol–water partition coefficient (Wildman–Crippen LogP) is 4.09. The van der Waals surface area contributed by atoms with Gasteiger partial charge in [-0.3, -0.25) is 4.79 Å². The molecule has 0 saturated heterocycles. The van der Waals surface area contributed by atoms with Gasteiger partial charge in [-0.25, -0.2) is 0 Å². The predicted molar refractivity (Wildman–Crippen MR) is 106 cm³/mol. The molecular weight excluding hydrogens is 352 g/mol. The van der Waals surface area contributed by atoms with E-state index in [9.17, 15) is 20.1 Å². The molecule has 5 saturated carbocycles. The zero-order chi connectivity index (χ0) is 20.1. The summed E-state index contributed by atoms with van der Waals surface area (Å²) in [7, 11) is 0. The number of carboxylic acid groups (broad SMARTS) is 1. The number of aliphatic hydroxyl groups excluding tert-OH is 2.